The summed E-state index contributed by atoms with van der Waals surface area (Å²) in [5.74, 6) is -1.92. The number of ether oxygens (including phenoxy) is 1. The molecule has 0 amide bonds. The fraction of sp³-hybridized carbons (Fsp3) is 0.533. The minimum absolute atomic E-state index is 0.0633. The summed E-state index contributed by atoms with van der Waals surface area (Å²) in [6, 6.07) is 3.90. The Bertz CT molecular complexity index is 491. The summed E-state index contributed by atoms with van der Waals surface area (Å²) >= 11 is 0. The van der Waals surface area contributed by atoms with Crippen LogP contribution in [0.2, 0.25) is 0 Å². The highest BCUT2D eigenvalue weighted by atomic mass is 19.2. The van der Waals surface area contributed by atoms with Gasteiger partial charge in [-0.2, -0.15) is 0 Å². The van der Waals surface area contributed by atoms with Crippen LogP contribution in [0.25, 0.3) is 0 Å². The van der Waals surface area contributed by atoms with Gasteiger partial charge in [0.1, 0.15) is 6.10 Å². The Labute approximate surface area is 117 Å². The van der Waals surface area contributed by atoms with Gasteiger partial charge in [-0.05, 0) is 31.5 Å². The maximum absolute atomic E-state index is 13.1. The maximum atomic E-state index is 13.1. The van der Waals surface area contributed by atoms with E-state index in [0.29, 0.717) is 24.8 Å². The highest BCUT2D eigenvalue weighted by Crippen LogP contribution is 2.14. The summed E-state index contributed by atoms with van der Waals surface area (Å²) < 4.78 is 31.4. The predicted octanol–water partition coefficient (Wildman–Crippen LogP) is 2.19. The Kier molecular flexibility index (Phi) is 4.83. The number of morpholine rings is 1. The number of halogens is 2. The van der Waals surface area contributed by atoms with Crippen LogP contribution < -0.4 is 0 Å². The number of carbonyl (C=O) groups excluding carboxylic acids is 1. The van der Waals surface area contributed by atoms with Gasteiger partial charge in [-0.25, -0.2) is 8.78 Å². The Morgan fingerprint density at radius 1 is 1.40 bits per heavy atom. The number of hydrogen-bond donors (Lipinski definition) is 0. The molecule has 0 N–H and O–H groups in total. The molecular formula is C15H19F2NO2. The van der Waals surface area contributed by atoms with Gasteiger partial charge in [-0.15, -0.1) is 0 Å². The van der Waals surface area contributed by atoms with Gasteiger partial charge >= 0.3 is 0 Å². The lowest BCUT2D eigenvalue weighted by atomic mass is 10.0. The Morgan fingerprint density at radius 2 is 2.15 bits per heavy atom. The Balaban J connectivity index is 1.98. The first-order chi connectivity index (χ1) is 9.47. The first-order valence-corrected chi connectivity index (χ1v) is 6.79. The van der Waals surface area contributed by atoms with E-state index in [0.717, 1.165) is 18.7 Å². The van der Waals surface area contributed by atoms with Crippen LogP contribution in [0.5, 0.6) is 0 Å². The Hall–Kier alpha value is -1.33. The van der Waals surface area contributed by atoms with E-state index < -0.39 is 17.7 Å². The third-order valence-electron chi connectivity index (χ3n) is 3.55. The molecule has 1 unspecified atom stereocenters. The van der Waals surface area contributed by atoms with Gasteiger partial charge in [0, 0.05) is 25.6 Å². The van der Waals surface area contributed by atoms with Crippen LogP contribution in [0.3, 0.4) is 0 Å². The highest BCUT2D eigenvalue weighted by Gasteiger charge is 2.27. The maximum Gasteiger partial charge on any atom is 0.167 e. The second-order valence-corrected chi connectivity index (χ2v) is 5.34. The van der Waals surface area contributed by atoms with E-state index in [1.807, 2.05) is 0 Å². The van der Waals surface area contributed by atoms with E-state index in [9.17, 15) is 13.6 Å². The van der Waals surface area contributed by atoms with Crippen LogP contribution in [0, 0.1) is 11.6 Å². The molecule has 3 nitrogen and oxygen atoms in total. The van der Waals surface area contributed by atoms with E-state index in [4.69, 9.17) is 4.74 Å². The molecule has 0 saturated carbocycles. The van der Waals surface area contributed by atoms with Crippen molar-refractivity contribution in [1.82, 2.24) is 4.90 Å². The van der Waals surface area contributed by atoms with Gasteiger partial charge in [0.25, 0.3) is 0 Å². The molecule has 1 heterocycles. The Morgan fingerprint density at radius 3 is 2.80 bits per heavy atom. The predicted molar refractivity (Wildman–Crippen MR) is 71.5 cm³/mol. The molecule has 0 aliphatic carbocycles. The van der Waals surface area contributed by atoms with Crippen LogP contribution >= 0.6 is 0 Å². The minimum Gasteiger partial charge on any atom is -0.368 e. The van der Waals surface area contributed by atoms with Crippen LogP contribution in [0.1, 0.15) is 19.4 Å². The quantitative estimate of drug-likeness (QED) is 0.848. The van der Waals surface area contributed by atoms with Gasteiger partial charge in [0.15, 0.2) is 17.4 Å². The molecule has 1 aliphatic rings. The van der Waals surface area contributed by atoms with Gasteiger partial charge in [-0.1, -0.05) is 6.07 Å². The van der Waals surface area contributed by atoms with Crippen molar-refractivity contribution in [2.75, 3.05) is 19.7 Å². The molecule has 1 saturated heterocycles. The lowest BCUT2D eigenvalue weighted by Gasteiger charge is -2.34. The topological polar surface area (TPSA) is 29.5 Å². The first-order valence-electron chi connectivity index (χ1n) is 6.79. The fourth-order valence-corrected chi connectivity index (χ4v) is 2.30. The van der Waals surface area contributed by atoms with Gasteiger partial charge < -0.3 is 4.74 Å². The second-order valence-electron chi connectivity index (χ2n) is 5.34. The molecule has 5 heteroatoms. The molecule has 0 spiro atoms. The van der Waals surface area contributed by atoms with E-state index in [1.165, 1.54) is 6.07 Å². The molecule has 1 fully saturated rings. The van der Waals surface area contributed by atoms with Gasteiger partial charge in [0.05, 0.1) is 6.61 Å². The normalized spacial score (nSPS) is 20.4. The molecular weight excluding hydrogens is 264 g/mol. The van der Waals surface area contributed by atoms with Crippen molar-refractivity contribution in [3.05, 3.63) is 35.4 Å². The van der Waals surface area contributed by atoms with E-state index in [2.05, 4.69) is 18.7 Å². The second kappa shape index (κ2) is 6.41. The van der Waals surface area contributed by atoms with Crippen molar-refractivity contribution in [1.29, 1.82) is 0 Å². The molecule has 110 valence electrons. The van der Waals surface area contributed by atoms with Crippen LogP contribution in [-0.2, 0) is 16.0 Å². The molecule has 1 aromatic carbocycles. The third-order valence-corrected chi connectivity index (χ3v) is 3.55. The van der Waals surface area contributed by atoms with E-state index >= 15 is 0 Å². The summed E-state index contributed by atoms with van der Waals surface area (Å²) in [5, 5.41) is 0. The molecule has 2 rings (SSSR count). The average molecular weight is 283 g/mol. The molecule has 1 atom stereocenters. The summed E-state index contributed by atoms with van der Waals surface area (Å²) in [6.07, 6.45) is -0.423. The van der Waals surface area contributed by atoms with Crippen LogP contribution in [-0.4, -0.2) is 42.5 Å². The van der Waals surface area contributed by atoms with Crippen molar-refractivity contribution < 1.29 is 18.3 Å². The standard InChI is InChI=1S/C15H19F2NO2/c1-10(2)18-5-6-20-15(9-18)14(19)8-11-3-4-12(16)13(17)7-11/h3-4,7,10,15H,5-6,8-9H2,1-2H3. The summed E-state index contributed by atoms with van der Waals surface area (Å²) in [5.41, 5.74) is 0.471. The molecule has 1 aromatic rings. The largest absolute Gasteiger partial charge is 0.368 e. The van der Waals surface area contributed by atoms with Crippen molar-refractivity contribution in [2.24, 2.45) is 0 Å². The van der Waals surface area contributed by atoms with Gasteiger partial charge in [-0.3, -0.25) is 9.69 Å². The van der Waals surface area contributed by atoms with Crippen LogP contribution in [0.4, 0.5) is 8.78 Å². The van der Waals surface area contributed by atoms with E-state index in [-0.39, 0.29) is 12.2 Å². The summed E-state index contributed by atoms with van der Waals surface area (Å²) in [4.78, 5) is 14.3. The van der Waals surface area contributed by atoms with Crippen molar-refractivity contribution >= 4 is 5.78 Å². The number of ketones is 1. The molecule has 0 bridgehead atoms. The van der Waals surface area contributed by atoms with Crippen molar-refractivity contribution in [2.45, 2.75) is 32.4 Å². The lowest BCUT2D eigenvalue weighted by molar-refractivity contribution is -0.136. The monoisotopic (exact) mass is 283 g/mol. The number of rotatable bonds is 4. The smallest absolute Gasteiger partial charge is 0.167 e. The minimum atomic E-state index is -0.927. The number of hydrogen-bond acceptors (Lipinski definition) is 3. The van der Waals surface area contributed by atoms with Crippen molar-refractivity contribution in [3.8, 4) is 0 Å². The molecule has 0 aromatic heterocycles. The fourth-order valence-electron chi connectivity index (χ4n) is 2.30. The highest BCUT2D eigenvalue weighted by molar-refractivity contribution is 5.85. The number of nitrogens with zero attached hydrogens (tertiary/aromatic N) is 1. The molecule has 0 radical (unpaired) electrons. The van der Waals surface area contributed by atoms with Gasteiger partial charge in [0.2, 0.25) is 0 Å². The van der Waals surface area contributed by atoms with Crippen LogP contribution in [0.15, 0.2) is 18.2 Å². The summed E-state index contributed by atoms with van der Waals surface area (Å²) in [6.45, 7) is 6.03. The molecule has 1 aliphatic heterocycles. The number of carbonyl (C=O) groups is 1. The average Bonchev–Trinajstić information content (AvgIpc) is 2.43. The lowest BCUT2D eigenvalue weighted by Crippen LogP contribution is -2.49. The molecule has 20 heavy (non-hydrogen) atoms. The third kappa shape index (κ3) is 3.61. The van der Waals surface area contributed by atoms with Crippen molar-refractivity contribution in [3.63, 3.8) is 0 Å². The zero-order valence-electron chi connectivity index (χ0n) is 11.7. The summed E-state index contributed by atoms with van der Waals surface area (Å²) in [7, 11) is 0. The zero-order chi connectivity index (χ0) is 14.7. The zero-order valence-corrected chi connectivity index (χ0v) is 11.7. The van der Waals surface area contributed by atoms with E-state index in [1.54, 1.807) is 0 Å². The first kappa shape index (κ1) is 15.1. The number of Topliss-reactive ketones (excluding diaryl/α,β-unsaturated/α-hetero) is 1. The SMILES string of the molecule is CC(C)N1CCOC(C(=O)Cc2ccc(F)c(F)c2)C1. The number of benzene rings is 1.